The summed E-state index contributed by atoms with van der Waals surface area (Å²) in [7, 11) is -0.998. The van der Waals surface area contributed by atoms with Crippen molar-refractivity contribution in [2.75, 3.05) is 12.8 Å². The third-order valence-corrected chi connectivity index (χ3v) is 8.14. The Bertz CT molecular complexity index is 1130. The molecule has 4 rings (SSSR count). The van der Waals surface area contributed by atoms with Crippen molar-refractivity contribution in [3.05, 3.63) is 28.6 Å². The van der Waals surface area contributed by atoms with Crippen molar-refractivity contribution >= 4 is 44.5 Å². The van der Waals surface area contributed by atoms with Gasteiger partial charge in [-0.3, -0.25) is 4.31 Å². The van der Waals surface area contributed by atoms with E-state index in [1.54, 1.807) is 13.1 Å². The van der Waals surface area contributed by atoms with Crippen LogP contribution in [0.15, 0.2) is 32.5 Å². The number of guanidine groups is 1. The second kappa shape index (κ2) is 6.08. The quantitative estimate of drug-likeness (QED) is 0.636. The Morgan fingerprint density at radius 3 is 2.85 bits per heavy atom. The van der Waals surface area contributed by atoms with E-state index in [0.717, 1.165) is 0 Å². The Balaban J connectivity index is 1.74. The molecule has 0 fully saturated rings. The van der Waals surface area contributed by atoms with Crippen molar-refractivity contribution in [2.45, 2.75) is 12.5 Å². The van der Waals surface area contributed by atoms with Gasteiger partial charge in [-0.15, -0.1) is 21.5 Å². The smallest absolute Gasteiger partial charge is 0.269 e. The molecule has 0 aromatic carbocycles. The van der Waals surface area contributed by atoms with E-state index < -0.39 is 15.2 Å². The molecule has 2 atom stereocenters. The number of nitrogens with zero attached hydrogens (tertiary/aromatic N) is 5. The third-order valence-electron chi connectivity index (χ3n) is 4.15. The zero-order chi connectivity index (χ0) is 19.4. The normalized spacial score (nSPS) is 25.6. The molecule has 0 saturated carbocycles. The SMILES string of the molecule is C=S1(=O)C[C@@](C)(c2sc(-c3nnc(-c4cocn4)o3)cc2Cl)N=C(N)N1C. The standard InChI is InChI=1S/C15H15ClN6O3S2/c1-15(6-27(3,23)22(2)14(17)19-15)11-8(16)4-10(26-11)13-21-20-12(25-13)9-5-24-7-18-9/h4-5,7H,3,6H2,1-2H3,(H2,17,19)/t15-,27?/m0/s1. The molecule has 142 valence electrons. The van der Waals surface area contributed by atoms with E-state index in [9.17, 15) is 4.21 Å². The molecule has 3 aromatic rings. The predicted octanol–water partition coefficient (Wildman–Crippen LogP) is 2.21. The van der Waals surface area contributed by atoms with Gasteiger partial charge in [-0.25, -0.2) is 14.2 Å². The highest BCUT2D eigenvalue weighted by Crippen LogP contribution is 2.44. The van der Waals surface area contributed by atoms with Crippen LogP contribution in [0.3, 0.4) is 0 Å². The lowest BCUT2D eigenvalue weighted by Gasteiger charge is -2.36. The van der Waals surface area contributed by atoms with Crippen LogP contribution < -0.4 is 5.73 Å². The first kappa shape index (κ1) is 18.0. The zero-order valence-corrected chi connectivity index (χ0v) is 16.8. The molecule has 12 heteroatoms. The van der Waals surface area contributed by atoms with Crippen LogP contribution in [0, 0.1) is 0 Å². The summed E-state index contributed by atoms with van der Waals surface area (Å²) in [6, 6.07) is 1.71. The number of thiophene rings is 1. The topological polar surface area (TPSA) is 124 Å². The van der Waals surface area contributed by atoms with Crippen LogP contribution >= 0.6 is 22.9 Å². The minimum atomic E-state index is -2.61. The lowest BCUT2D eigenvalue weighted by atomic mass is 10.0. The van der Waals surface area contributed by atoms with Crippen molar-refractivity contribution in [1.82, 2.24) is 19.5 Å². The zero-order valence-electron chi connectivity index (χ0n) is 14.4. The van der Waals surface area contributed by atoms with Crippen molar-refractivity contribution in [3.8, 4) is 22.4 Å². The van der Waals surface area contributed by atoms with Gasteiger partial charge in [0.05, 0.1) is 30.2 Å². The van der Waals surface area contributed by atoms with E-state index in [-0.39, 0.29) is 23.5 Å². The number of nitrogens with two attached hydrogens (primary N) is 1. The molecular weight excluding hydrogens is 412 g/mol. The molecule has 0 spiro atoms. The summed E-state index contributed by atoms with van der Waals surface area (Å²) in [5.74, 6) is 4.67. The minimum absolute atomic E-state index is 0.154. The van der Waals surface area contributed by atoms with Gasteiger partial charge in [0.2, 0.25) is 5.96 Å². The first-order valence-corrected chi connectivity index (χ1v) is 10.7. The highest BCUT2D eigenvalue weighted by atomic mass is 35.5. The molecule has 9 nitrogen and oxygen atoms in total. The molecule has 0 amide bonds. The van der Waals surface area contributed by atoms with Gasteiger partial charge < -0.3 is 14.6 Å². The number of rotatable bonds is 3. The Labute approximate surface area is 164 Å². The number of oxazole rings is 1. The van der Waals surface area contributed by atoms with Gasteiger partial charge in [-0.05, 0) is 18.9 Å². The maximum atomic E-state index is 12.8. The number of aromatic nitrogens is 3. The van der Waals surface area contributed by atoms with Gasteiger partial charge in [0.15, 0.2) is 12.1 Å². The van der Waals surface area contributed by atoms with Crippen LogP contribution in [0.4, 0.5) is 0 Å². The largest absolute Gasteiger partial charge is 0.451 e. The molecule has 0 aliphatic carbocycles. The lowest BCUT2D eigenvalue weighted by molar-refractivity contribution is 0.522. The number of halogens is 1. The van der Waals surface area contributed by atoms with Gasteiger partial charge in [0, 0.05) is 7.05 Å². The van der Waals surface area contributed by atoms with E-state index in [1.807, 2.05) is 6.92 Å². The van der Waals surface area contributed by atoms with Crippen LogP contribution in [-0.4, -0.2) is 48.3 Å². The van der Waals surface area contributed by atoms with Crippen LogP contribution in [0.2, 0.25) is 5.02 Å². The van der Waals surface area contributed by atoms with E-state index in [2.05, 4.69) is 26.0 Å². The molecule has 1 aliphatic heterocycles. The molecule has 2 N–H and O–H groups in total. The highest BCUT2D eigenvalue weighted by Gasteiger charge is 2.40. The summed E-state index contributed by atoms with van der Waals surface area (Å²) in [4.78, 5) is 9.84. The van der Waals surface area contributed by atoms with Crippen molar-refractivity contribution in [1.29, 1.82) is 0 Å². The summed E-state index contributed by atoms with van der Waals surface area (Å²) < 4.78 is 24.8. The van der Waals surface area contributed by atoms with Crippen LogP contribution in [0.1, 0.15) is 11.8 Å². The molecular formula is C15H15ClN6O3S2. The Morgan fingerprint density at radius 1 is 1.44 bits per heavy atom. The molecule has 3 aromatic heterocycles. The molecule has 4 heterocycles. The summed E-state index contributed by atoms with van der Waals surface area (Å²) >= 11 is 7.78. The van der Waals surface area contributed by atoms with Crippen molar-refractivity contribution in [2.24, 2.45) is 10.7 Å². The van der Waals surface area contributed by atoms with E-state index in [0.29, 0.717) is 20.5 Å². The van der Waals surface area contributed by atoms with Gasteiger partial charge >= 0.3 is 0 Å². The summed E-state index contributed by atoms with van der Waals surface area (Å²) in [5, 5.41) is 8.45. The van der Waals surface area contributed by atoms with E-state index in [1.165, 1.54) is 28.3 Å². The minimum Gasteiger partial charge on any atom is -0.451 e. The molecule has 1 unspecified atom stereocenters. The van der Waals surface area contributed by atoms with Crippen LogP contribution in [0.25, 0.3) is 22.4 Å². The Kier molecular flexibility index (Phi) is 4.05. The maximum absolute atomic E-state index is 12.8. The Morgan fingerprint density at radius 2 is 2.19 bits per heavy atom. The third kappa shape index (κ3) is 3.01. The molecule has 27 heavy (non-hydrogen) atoms. The summed E-state index contributed by atoms with van der Waals surface area (Å²) in [6.45, 7) is 1.83. The molecule has 0 radical (unpaired) electrons. The van der Waals surface area contributed by atoms with Crippen LogP contribution in [-0.2, 0) is 15.2 Å². The summed E-state index contributed by atoms with van der Waals surface area (Å²) in [6.07, 6.45) is 2.69. The monoisotopic (exact) mass is 426 g/mol. The molecule has 0 saturated heterocycles. The first-order chi connectivity index (χ1) is 12.7. The highest BCUT2D eigenvalue weighted by molar-refractivity contribution is 7.98. The fourth-order valence-corrected chi connectivity index (χ4v) is 6.07. The van der Waals surface area contributed by atoms with Gasteiger partial charge in [-0.2, -0.15) is 0 Å². The second-order valence-electron chi connectivity index (χ2n) is 6.23. The maximum Gasteiger partial charge on any atom is 0.269 e. The van der Waals surface area contributed by atoms with Crippen molar-refractivity contribution < 1.29 is 13.0 Å². The predicted molar refractivity (Wildman–Crippen MR) is 105 cm³/mol. The van der Waals surface area contributed by atoms with Gasteiger partial charge in [0.1, 0.15) is 11.8 Å². The van der Waals surface area contributed by atoms with Gasteiger partial charge in [0.25, 0.3) is 11.8 Å². The first-order valence-electron chi connectivity index (χ1n) is 7.66. The average Bonchev–Trinajstić information content (AvgIpc) is 3.31. The van der Waals surface area contributed by atoms with Gasteiger partial charge in [-0.1, -0.05) is 11.6 Å². The van der Waals surface area contributed by atoms with E-state index in [4.69, 9.17) is 26.2 Å². The fraction of sp³-hybridized carbons (Fsp3) is 0.267. The number of aliphatic imine (C=N–C) groups is 1. The number of hydrogen-bond donors (Lipinski definition) is 1. The van der Waals surface area contributed by atoms with Crippen molar-refractivity contribution in [3.63, 3.8) is 0 Å². The second-order valence-corrected chi connectivity index (χ2v) is 10.1. The fourth-order valence-electron chi connectivity index (χ4n) is 2.76. The molecule has 1 aliphatic rings. The molecule has 0 bridgehead atoms. The number of hydrogen-bond acceptors (Lipinski definition) is 9. The average molecular weight is 427 g/mol. The summed E-state index contributed by atoms with van der Waals surface area (Å²) in [5.41, 5.74) is 5.52. The van der Waals surface area contributed by atoms with Crippen LogP contribution in [0.5, 0.6) is 0 Å². The lowest BCUT2D eigenvalue weighted by Crippen LogP contribution is -2.50. The Hall–Kier alpha value is -2.37. The van der Waals surface area contributed by atoms with E-state index >= 15 is 0 Å².